The minimum Gasteiger partial charge on any atom is -0.378 e. The second-order valence-corrected chi connectivity index (χ2v) is 8.49. The summed E-state index contributed by atoms with van der Waals surface area (Å²) in [6, 6.07) is 8.12. The van der Waals surface area contributed by atoms with Crippen LogP contribution in [0.25, 0.3) is 0 Å². The molecule has 1 aliphatic rings. The van der Waals surface area contributed by atoms with E-state index in [4.69, 9.17) is 10.1 Å². The first kappa shape index (κ1) is 25.1. The van der Waals surface area contributed by atoms with Crippen LogP contribution in [-0.4, -0.2) is 59.5 Å². The quantitative estimate of drug-likeness (QED) is 0.353. The number of anilines is 3. The number of ether oxygens (including phenoxy) is 1. The third-order valence-electron chi connectivity index (χ3n) is 5.91. The van der Waals surface area contributed by atoms with Crippen molar-refractivity contribution in [3.05, 3.63) is 77.2 Å². The molecular weight excluding hydrogens is 468 g/mol. The van der Waals surface area contributed by atoms with Gasteiger partial charge < -0.3 is 20.8 Å². The molecule has 0 radical (unpaired) electrons. The van der Waals surface area contributed by atoms with Gasteiger partial charge in [0.2, 0.25) is 0 Å². The van der Waals surface area contributed by atoms with Gasteiger partial charge in [-0.25, -0.2) is 18.6 Å². The van der Waals surface area contributed by atoms with Gasteiger partial charge in [-0.2, -0.15) is 0 Å². The number of aryl methyl sites for hydroxylation is 1. The lowest BCUT2D eigenvalue weighted by Crippen LogP contribution is -2.45. The van der Waals surface area contributed by atoms with Gasteiger partial charge in [-0.3, -0.25) is 15.2 Å². The van der Waals surface area contributed by atoms with Gasteiger partial charge in [0, 0.05) is 61.7 Å². The molecule has 0 unspecified atom stereocenters. The van der Waals surface area contributed by atoms with Crippen LogP contribution >= 0.6 is 0 Å². The van der Waals surface area contributed by atoms with E-state index >= 15 is 0 Å². The van der Waals surface area contributed by atoms with E-state index in [1.165, 1.54) is 37.7 Å². The maximum absolute atomic E-state index is 14.1. The van der Waals surface area contributed by atoms with E-state index in [2.05, 4.69) is 25.9 Å². The maximum Gasteiger partial charge on any atom is 0.320 e. The number of carbonyl (C=O) groups excluding carboxylic acids is 1. The van der Waals surface area contributed by atoms with Crippen molar-refractivity contribution in [2.24, 2.45) is 0 Å². The van der Waals surface area contributed by atoms with Gasteiger partial charge in [-0.05, 0) is 37.3 Å². The Balaban J connectivity index is 1.38. The number of nitrogens with one attached hydrogen (secondary N) is 4. The van der Waals surface area contributed by atoms with E-state index in [0.29, 0.717) is 24.3 Å². The predicted octanol–water partition coefficient (Wildman–Crippen LogP) is 3.83. The number of hydrogen-bond donors (Lipinski definition) is 4. The van der Waals surface area contributed by atoms with E-state index in [9.17, 15) is 13.6 Å². The Morgan fingerprint density at radius 1 is 1.22 bits per heavy atom. The summed E-state index contributed by atoms with van der Waals surface area (Å²) in [7, 11) is 1.53. The fraction of sp³-hybridized carbons (Fsp3) is 0.280. The number of urea groups is 1. The number of nitrogens with zero attached hydrogens (tertiary/aromatic N) is 3. The Morgan fingerprint density at radius 3 is 2.69 bits per heavy atom. The summed E-state index contributed by atoms with van der Waals surface area (Å²) in [6.07, 6.45) is 4.02. The average Bonchev–Trinajstić information content (AvgIpc) is 3.23. The third-order valence-corrected chi connectivity index (χ3v) is 5.91. The van der Waals surface area contributed by atoms with Crippen LogP contribution in [0.4, 0.5) is 30.8 Å². The fourth-order valence-corrected chi connectivity index (χ4v) is 4.13. The van der Waals surface area contributed by atoms with Gasteiger partial charge in [-0.1, -0.05) is 6.07 Å². The van der Waals surface area contributed by atoms with Crippen molar-refractivity contribution in [3.63, 3.8) is 0 Å². The predicted molar refractivity (Wildman–Crippen MR) is 133 cm³/mol. The topological polar surface area (TPSA) is 115 Å². The second-order valence-electron chi connectivity index (χ2n) is 8.49. The highest BCUT2D eigenvalue weighted by molar-refractivity contribution is 5.92. The first-order valence-electron chi connectivity index (χ1n) is 11.3. The molecule has 0 aliphatic carbocycles. The SMILES string of the molecule is CO[C@H]1CN(Cc2c(F)cccc2F)C[C@@H]1NC(=O)Nc1cc(C=N)c(Nc2ccnc(C)c2)cn1. The van der Waals surface area contributed by atoms with Crippen molar-refractivity contribution in [1.82, 2.24) is 20.2 Å². The molecule has 0 saturated carbocycles. The van der Waals surface area contributed by atoms with Gasteiger partial charge in [-0.15, -0.1) is 0 Å². The molecule has 9 nitrogen and oxygen atoms in total. The molecule has 11 heteroatoms. The zero-order valence-corrected chi connectivity index (χ0v) is 19.9. The van der Waals surface area contributed by atoms with E-state index < -0.39 is 23.7 Å². The lowest BCUT2D eigenvalue weighted by Gasteiger charge is -2.19. The van der Waals surface area contributed by atoms with Crippen molar-refractivity contribution >= 4 is 29.4 Å². The van der Waals surface area contributed by atoms with E-state index in [0.717, 1.165) is 11.4 Å². The molecular formula is C25H27F2N7O2. The van der Waals surface area contributed by atoms with E-state index in [-0.39, 0.29) is 24.0 Å². The second kappa shape index (κ2) is 11.2. The van der Waals surface area contributed by atoms with Crippen molar-refractivity contribution < 1.29 is 18.3 Å². The number of rotatable bonds is 8. The molecule has 1 aromatic carbocycles. The minimum atomic E-state index is -0.608. The summed E-state index contributed by atoms with van der Waals surface area (Å²) in [5, 5.41) is 16.5. The number of carbonyl (C=O) groups is 1. The summed E-state index contributed by atoms with van der Waals surface area (Å²) in [6.45, 7) is 2.70. The molecule has 2 atom stereocenters. The third kappa shape index (κ3) is 5.99. The summed E-state index contributed by atoms with van der Waals surface area (Å²) in [5.74, 6) is -0.953. The molecule has 1 fully saturated rings. The molecule has 2 aromatic heterocycles. The number of likely N-dealkylation sites (tertiary alicyclic amines) is 1. The number of benzene rings is 1. The summed E-state index contributed by atoms with van der Waals surface area (Å²) in [4.78, 5) is 22.9. The lowest BCUT2D eigenvalue weighted by atomic mass is 10.2. The number of methoxy groups -OCH3 is 1. The maximum atomic E-state index is 14.1. The highest BCUT2D eigenvalue weighted by Gasteiger charge is 2.34. The number of hydrogen-bond acceptors (Lipinski definition) is 7. The van der Waals surface area contributed by atoms with Crippen molar-refractivity contribution in [3.8, 4) is 0 Å². The summed E-state index contributed by atoms with van der Waals surface area (Å²) in [5.41, 5.74) is 2.77. The first-order valence-corrected chi connectivity index (χ1v) is 11.3. The van der Waals surface area contributed by atoms with Gasteiger partial charge in [0.15, 0.2) is 0 Å². The van der Waals surface area contributed by atoms with E-state index in [1.807, 2.05) is 17.9 Å². The molecule has 3 aromatic rings. The molecule has 0 spiro atoms. The smallest absolute Gasteiger partial charge is 0.320 e. The van der Waals surface area contributed by atoms with Gasteiger partial charge >= 0.3 is 6.03 Å². The molecule has 36 heavy (non-hydrogen) atoms. The Hall–Kier alpha value is -3.96. The van der Waals surface area contributed by atoms with Crippen LogP contribution in [-0.2, 0) is 11.3 Å². The standard InChI is InChI=1S/C25H27F2N7O2/c1-15-8-17(6-7-29-15)31-21-11-30-24(9-16(21)10-28)33-25(35)32-22-13-34(14-23(22)36-2)12-18-19(26)4-3-5-20(18)27/h3-11,22-23,28H,12-14H2,1-2H3,(H,29,31)(H2,30,32,33,35)/t22-,23-/m0/s1. The van der Waals surface area contributed by atoms with Gasteiger partial charge in [0.05, 0.1) is 24.0 Å². The number of pyridine rings is 2. The zero-order chi connectivity index (χ0) is 25.7. The van der Waals surface area contributed by atoms with Crippen LogP contribution in [0.5, 0.6) is 0 Å². The zero-order valence-electron chi connectivity index (χ0n) is 19.9. The largest absolute Gasteiger partial charge is 0.378 e. The lowest BCUT2D eigenvalue weighted by molar-refractivity contribution is 0.0914. The number of amides is 2. The molecule has 2 amide bonds. The van der Waals surface area contributed by atoms with E-state index in [1.54, 1.807) is 18.3 Å². The van der Waals surface area contributed by atoms with Crippen LogP contribution < -0.4 is 16.0 Å². The van der Waals surface area contributed by atoms with Crippen LogP contribution in [0.1, 0.15) is 16.8 Å². The van der Waals surface area contributed by atoms with Crippen molar-refractivity contribution in [1.29, 1.82) is 5.41 Å². The molecule has 1 aliphatic heterocycles. The minimum absolute atomic E-state index is 0.0172. The Bertz CT molecular complexity index is 1240. The highest BCUT2D eigenvalue weighted by Crippen LogP contribution is 2.22. The molecule has 0 bridgehead atoms. The van der Waals surface area contributed by atoms with Gasteiger partial charge in [0.25, 0.3) is 0 Å². The van der Waals surface area contributed by atoms with Crippen LogP contribution in [0, 0.1) is 24.0 Å². The van der Waals surface area contributed by atoms with Crippen LogP contribution in [0.3, 0.4) is 0 Å². The molecule has 188 valence electrons. The average molecular weight is 496 g/mol. The van der Waals surface area contributed by atoms with Crippen LogP contribution in [0.2, 0.25) is 0 Å². The first-order chi connectivity index (χ1) is 17.4. The molecule has 4 N–H and O–H groups in total. The fourth-order valence-electron chi connectivity index (χ4n) is 4.13. The Kier molecular flexibility index (Phi) is 7.81. The summed E-state index contributed by atoms with van der Waals surface area (Å²) >= 11 is 0. The summed E-state index contributed by atoms with van der Waals surface area (Å²) < 4.78 is 33.6. The van der Waals surface area contributed by atoms with Crippen molar-refractivity contribution in [2.45, 2.75) is 25.6 Å². The normalized spacial score (nSPS) is 17.6. The van der Waals surface area contributed by atoms with Gasteiger partial charge in [0.1, 0.15) is 17.5 Å². The Labute approximate surface area is 207 Å². The van der Waals surface area contributed by atoms with Crippen LogP contribution in [0.15, 0.2) is 48.8 Å². The molecule has 1 saturated heterocycles. The number of halogens is 2. The monoisotopic (exact) mass is 495 g/mol. The number of aromatic nitrogens is 2. The van der Waals surface area contributed by atoms with Crippen molar-refractivity contribution in [2.75, 3.05) is 30.8 Å². The Morgan fingerprint density at radius 2 is 2.00 bits per heavy atom. The molecule has 4 rings (SSSR count). The highest BCUT2D eigenvalue weighted by atomic mass is 19.1. The molecule has 3 heterocycles.